The Morgan fingerprint density at radius 3 is 2.36 bits per heavy atom. The van der Waals surface area contributed by atoms with E-state index in [4.69, 9.17) is 5.73 Å². The normalized spacial score (nSPS) is 9.71. The number of alkyl halides is 2. The number of nitrogens with two attached hydrogens (primary N) is 1. The molecule has 0 bridgehead atoms. The van der Waals surface area contributed by atoms with Crippen molar-refractivity contribution in [3.63, 3.8) is 0 Å². The van der Waals surface area contributed by atoms with E-state index in [2.05, 4.69) is 11.8 Å². The van der Waals surface area contributed by atoms with Gasteiger partial charge in [-0.05, 0) is 12.1 Å². The number of hydrogen-bond donors (Lipinski definition) is 1. The standard InChI is InChI=1S/C11H11F2N/c12-11(13)10-6-4-9(5-7-10)3-1-2-8-14/h4-7,11H,2,8,14H2. The van der Waals surface area contributed by atoms with Crippen LogP contribution in [0.5, 0.6) is 0 Å². The van der Waals surface area contributed by atoms with Crippen LogP contribution >= 0.6 is 0 Å². The summed E-state index contributed by atoms with van der Waals surface area (Å²) in [4.78, 5) is 0. The van der Waals surface area contributed by atoms with Crippen LogP contribution in [0.3, 0.4) is 0 Å². The first kappa shape index (κ1) is 10.7. The maximum absolute atomic E-state index is 12.2. The van der Waals surface area contributed by atoms with Gasteiger partial charge in [-0.2, -0.15) is 0 Å². The van der Waals surface area contributed by atoms with E-state index in [0.29, 0.717) is 13.0 Å². The Hall–Kier alpha value is -1.40. The number of halogens is 2. The lowest BCUT2D eigenvalue weighted by Crippen LogP contribution is -1.95. The van der Waals surface area contributed by atoms with Gasteiger partial charge in [-0.1, -0.05) is 24.0 Å². The molecule has 1 aromatic carbocycles. The predicted molar refractivity (Wildman–Crippen MR) is 51.9 cm³/mol. The van der Waals surface area contributed by atoms with Crippen LogP contribution in [0.2, 0.25) is 0 Å². The first-order valence-corrected chi connectivity index (χ1v) is 4.31. The molecule has 0 aliphatic carbocycles. The van der Waals surface area contributed by atoms with Gasteiger partial charge in [0.15, 0.2) is 0 Å². The van der Waals surface area contributed by atoms with Crippen LogP contribution in [-0.2, 0) is 0 Å². The molecule has 0 saturated carbocycles. The predicted octanol–water partition coefficient (Wildman–Crippen LogP) is 2.32. The van der Waals surface area contributed by atoms with Crippen molar-refractivity contribution in [1.82, 2.24) is 0 Å². The molecule has 1 rings (SSSR count). The highest BCUT2D eigenvalue weighted by atomic mass is 19.3. The van der Waals surface area contributed by atoms with Gasteiger partial charge in [-0.25, -0.2) is 8.78 Å². The largest absolute Gasteiger partial charge is 0.330 e. The van der Waals surface area contributed by atoms with Crippen molar-refractivity contribution in [3.05, 3.63) is 35.4 Å². The number of benzene rings is 1. The molecule has 1 aromatic rings. The summed E-state index contributed by atoms with van der Waals surface area (Å²) in [6.07, 6.45) is -1.79. The highest BCUT2D eigenvalue weighted by molar-refractivity contribution is 5.36. The van der Waals surface area contributed by atoms with E-state index in [1.54, 1.807) is 12.1 Å². The molecule has 0 amide bonds. The molecule has 0 unspecified atom stereocenters. The Bertz CT molecular complexity index is 333. The molecule has 0 aliphatic rings. The quantitative estimate of drug-likeness (QED) is 0.720. The molecule has 0 spiro atoms. The van der Waals surface area contributed by atoms with Crippen molar-refractivity contribution < 1.29 is 8.78 Å². The van der Waals surface area contributed by atoms with E-state index in [-0.39, 0.29) is 5.56 Å². The van der Waals surface area contributed by atoms with Gasteiger partial charge >= 0.3 is 0 Å². The molecule has 0 radical (unpaired) electrons. The molecular formula is C11H11F2N. The lowest BCUT2D eigenvalue weighted by molar-refractivity contribution is 0.151. The molecule has 1 nitrogen and oxygen atoms in total. The molecule has 2 N–H and O–H groups in total. The molecular weight excluding hydrogens is 184 g/mol. The Morgan fingerprint density at radius 1 is 1.21 bits per heavy atom. The molecule has 0 saturated heterocycles. The summed E-state index contributed by atoms with van der Waals surface area (Å²) >= 11 is 0. The van der Waals surface area contributed by atoms with Crippen LogP contribution in [0, 0.1) is 11.8 Å². The molecule has 0 heterocycles. The monoisotopic (exact) mass is 195 g/mol. The van der Waals surface area contributed by atoms with Crippen LogP contribution < -0.4 is 5.73 Å². The SMILES string of the molecule is NCCC#Cc1ccc(C(F)F)cc1. The highest BCUT2D eigenvalue weighted by Crippen LogP contribution is 2.18. The van der Waals surface area contributed by atoms with Gasteiger partial charge in [0.05, 0.1) is 0 Å². The van der Waals surface area contributed by atoms with Crippen LogP contribution in [0.15, 0.2) is 24.3 Å². The second-order valence-corrected chi connectivity index (χ2v) is 2.76. The van der Waals surface area contributed by atoms with Crippen LogP contribution in [0.4, 0.5) is 8.78 Å². The van der Waals surface area contributed by atoms with Gasteiger partial charge in [0, 0.05) is 24.1 Å². The number of rotatable bonds is 2. The first-order valence-electron chi connectivity index (χ1n) is 4.31. The zero-order valence-electron chi connectivity index (χ0n) is 7.63. The van der Waals surface area contributed by atoms with Gasteiger partial charge in [-0.15, -0.1) is 0 Å². The van der Waals surface area contributed by atoms with E-state index in [0.717, 1.165) is 5.56 Å². The zero-order chi connectivity index (χ0) is 10.4. The van der Waals surface area contributed by atoms with Crippen LogP contribution in [0.25, 0.3) is 0 Å². The van der Waals surface area contributed by atoms with Crippen molar-refractivity contribution in [3.8, 4) is 11.8 Å². The molecule has 14 heavy (non-hydrogen) atoms. The second kappa shape index (κ2) is 5.36. The number of hydrogen-bond acceptors (Lipinski definition) is 1. The van der Waals surface area contributed by atoms with Crippen LogP contribution in [0.1, 0.15) is 24.0 Å². The third-order valence-corrected chi connectivity index (χ3v) is 1.66. The van der Waals surface area contributed by atoms with E-state index in [9.17, 15) is 8.78 Å². The molecule has 0 aliphatic heterocycles. The maximum atomic E-state index is 12.2. The molecule has 74 valence electrons. The van der Waals surface area contributed by atoms with Crippen molar-refractivity contribution in [1.29, 1.82) is 0 Å². The van der Waals surface area contributed by atoms with Crippen molar-refractivity contribution in [2.75, 3.05) is 6.54 Å². The van der Waals surface area contributed by atoms with E-state index in [1.165, 1.54) is 12.1 Å². The van der Waals surface area contributed by atoms with Gasteiger partial charge in [0.1, 0.15) is 0 Å². The summed E-state index contributed by atoms with van der Waals surface area (Å²) < 4.78 is 24.3. The minimum absolute atomic E-state index is 0.0226. The fourth-order valence-corrected chi connectivity index (χ4v) is 0.949. The summed E-state index contributed by atoms with van der Waals surface area (Å²) in [6.45, 7) is 0.516. The third-order valence-electron chi connectivity index (χ3n) is 1.66. The van der Waals surface area contributed by atoms with Crippen molar-refractivity contribution >= 4 is 0 Å². The van der Waals surface area contributed by atoms with E-state index < -0.39 is 6.43 Å². The van der Waals surface area contributed by atoms with E-state index in [1.807, 2.05) is 0 Å². The topological polar surface area (TPSA) is 26.0 Å². The highest BCUT2D eigenvalue weighted by Gasteiger charge is 2.04. The smallest absolute Gasteiger partial charge is 0.263 e. The lowest BCUT2D eigenvalue weighted by Gasteiger charge is -1.97. The Morgan fingerprint density at radius 2 is 1.86 bits per heavy atom. The Kier molecular flexibility index (Phi) is 4.09. The maximum Gasteiger partial charge on any atom is 0.263 e. The van der Waals surface area contributed by atoms with Crippen molar-refractivity contribution in [2.45, 2.75) is 12.8 Å². The second-order valence-electron chi connectivity index (χ2n) is 2.76. The minimum atomic E-state index is -2.42. The minimum Gasteiger partial charge on any atom is -0.330 e. The van der Waals surface area contributed by atoms with Gasteiger partial charge in [0.2, 0.25) is 0 Å². The van der Waals surface area contributed by atoms with Gasteiger partial charge in [0.25, 0.3) is 6.43 Å². The lowest BCUT2D eigenvalue weighted by atomic mass is 10.1. The fourth-order valence-electron chi connectivity index (χ4n) is 0.949. The first-order chi connectivity index (χ1) is 6.74. The summed E-state index contributed by atoms with van der Waals surface area (Å²) in [6, 6.07) is 5.95. The van der Waals surface area contributed by atoms with Gasteiger partial charge in [-0.3, -0.25) is 0 Å². The van der Waals surface area contributed by atoms with Crippen LogP contribution in [-0.4, -0.2) is 6.54 Å². The third kappa shape index (κ3) is 3.15. The molecule has 0 atom stereocenters. The summed E-state index contributed by atoms with van der Waals surface area (Å²) in [5, 5.41) is 0. The average molecular weight is 195 g/mol. The fraction of sp³-hybridized carbons (Fsp3) is 0.273. The molecule has 0 fully saturated rings. The summed E-state index contributed by atoms with van der Waals surface area (Å²) in [7, 11) is 0. The molecule has 3 heteroatoms. The van der Waals surface area contributed by atoms with Crippen molar-refractivity contribution in [2.24, 2.45) is 5.73 Å². The van der Waals surface area contributed by atoms with E-state index >= 15 is 0 Å². The molecule has 0 aromatic heterocycles. The average Bonchev–Trinajstić information content (AvgIpc) is 2.19. The zero-order valence-corrected chi connectivity index (χ0v) is 7.63. The Balaban J connectivity index is 2.70. The van der Waals surface area contributed by atoms with Gasteiger partial charge < -0.3 is 5.73 Å². The summed E-state index contributed by atoms with van der Waals surface area (Å²) in [5.74, 6) is 5.67. The summed E-state index contributed by atoms with van der Waals surface area (Å²) in [5.41, 5.74) is 6.02. The Labute approximate surface area is 81.9 Å².